The molecule has 0 radical (unpaired) electrons. The van der Waals surface area contributed by atoms with Crippen LogP contribution in [-0.4, -0.2) is 66.2 Å². The Labute approximate surface area is 274 Å². The fourth-order valence-electron chi connectivity index (χ4n) is 4.69. The molecule has 1 aliphatic rings. The van der Waals surface area contributed by atoms with Crippen LogP contribution in [-0.2, 0) is 0 Å². The molecule has 10 nitrogen and oxygen atoms in total. The van der Waals surface area contributed by atoms with Crippen molar-refractivity contribution in [2.45, 2.75) is 18.9 Å². The molecule has 2 aromatic heterocycles. The van der Waals surface area contributed by atoms with Crippen molar-refractivity contribution in [2.75, 3.05) is 50.3 Å². The number of likely N-dealkylation sites (N-methyl/N-ethyl adjacent to an activating group) is 1. The van der Waals surface area contributed by atoms with Crippen molar-refractivity contribution < 1.29 is 23.0 Å². The second-order valence-corrected chi connectivity index (χ2v) is 12.2. The van der Waals surface area contributed by atoms with E-state index in [9.17, 15) is 13.6 Å². The minimum Gasteiger partial charge on any atom is -0.493 e. The van der Waals surface area contributed by atoms with Crippen molar-refractivity contribution in [3.8, 4) is 33.3 Å². The quantitative estimate of drug-likeness (QED) is 0.122. The number of rotatable bonds is 13. The Kier molecular flexibility index (Phi) is 9.55. The Morgan fingerprint density at radius 1 is 0.979 bits per heavy atom. The third-order valence-electron chi connectivity index (χ3n) is 7.22. The molecule has 3 N–H and O–H groups in total. The van der Waals surface area contributed by atoms with Gasteiger partial charge in [-0.3, -0.25) is 4.79 Å². The number of thiazole rings is 1. The maximum atomic E-state index is 14.3. The molecule has 13 heteroatoms. The van der Waals surface area contributed by atoms with Crippen molar-refractivity contribution >= 4 is 39.7 Å². The van der Waals surface area contributed by atoms with E-state index in [1.165, 1.54) is 17.4 Å². The monoisotopic (exact) mass is 657 g/mol. The number of carbonyl (C=O) groups is 1. The lowest BCUT2D eigenvalue weighted by Gasteiger charge is -2.15. The standard InChI is InChI=1S/C34H33F2N7O3S/c1-43(2)16-17-46-28-19-23(12-13-27(28)45-3)39-33-37-15-14-26(41-33)31-30(42-34(47-31)40-21-10-11-21)20-6-4-7-22(18-20)38-32(44)29-24(35)8-5-9-25(29)36/h4-9,12-15,18-19,21H,10-11,16-17H2,1-3H3,(H,38,44)(H,40,42)(H,37,39,41). The zero-order chi connectivity index (χ0) is 32.9. The molecule has 1 fully saturated rings. The first-order chi connectivity index (χ1) is 22.8. The van der Waals surface area contributed by atoms with Gasteiger partial charge >= 0.3 is 0 Å². The SMILES string of the molecule is COc1ccc(Nc2nccc(-c3sc(NC4CC4)nc3-c3cccc(NC(=O)c4c(F)cccc4F)c3)n2)cc1OCCN(C)C. The second-order valence-electron chi connectivity index (χ2n) is 11.2. The van der Waals surface area contributed by atoms with Gasteiger partial charge in [0.2, 0.25) is 5.95 Å². The van der Waals surface area contributed by atoms with Crippen molar-refractivity contribution in [1.29, 1.82) is 0 Å². The average molecular weight is 658 g/mol. The molecular weight excluding hydrogens is 624 g/mol. The summed E-state index contributed by atoms with van der Waals surface area (Å²) in [7, 11) is 5.56. The fraction of sp³-hybridized carbons (Fsp3) is 0.235. The van der Waals surface area contributed by atoms with Crippen molar-refractivity contribution in [3.63, 3.8) is 0 Å². The van der Waals surface area contributed by atoms with Gasteiger partial charge in [-0.2, -0.15) is 0 Å². The molecule has 5 aromatic rings. The number of hydrogen-bond acceptors (Lipinski definition) is 10. The van der Waals surface area contributed by atoms with Crippen molar-refractivity contribution in [2.24, 2.45) is 0 Å². The zero-order valence-electron chi connectivity index (χ0n) is 26.0. The van der Waals surface area contributed by atoms with E-state index in [0.717, 1.165) is 47.2 Å². The fourth-order valence-corrected chi connectivity index (χ4v) is 5.72. The van der Waals surface area contributed by atoms with Crippen LogP contribution in [0.2, 0.25) is 0 Å². The molecule has 1 aliphatic carbocycles. The molecule has 47 heavy (non-hydrogen) atoms. The number of nitrogens with zero attached hydrogens (tertiary/aromatic N) is 4. The lowest BCUT2D eigenvalue weighted by Crippen LogP contribution is -2.19. The first kappa shape index (κ1) is 31.8. The first-order valence-corrected chi connectivity index (χ1v) is 15.8. The summed E-state index contributed by atoms with van der Waals surface area (Å²) in [6.07, 6.45) is 3.81. The molecule has 0 bridgehead atoms. The molecule has 0 spiro atoms. The molecule has 1 amide bonds. The van der Waals surface area contributed by atoms with Crippen LogP contribution in [0, 0.1) is 11.6 Å². The van der Waals surface area contributed by atoms with Crippen LogP contribution in [0.25, 0.3) is 21.8 Å². The highest BCUT2D eigenvalue weighted by Gasteiger charge is 2.25. The summed E-state index contributed by atoms with van der Waals surface area (Å²) in [4.78, 5) is 29.7. The van der Waals surface area contributed by atoms with Gasteiger partial charge in [0, 0.05) is 41.8 Å². The first-order valence-electron chi connectivity index (χ1n) is 15.0. The zero-order valence-corrected chi connectivity index (χ0v) is 26.8. The van der Waals surface area contributed by atoms with Gasteiger partial charge in [-0.25, -0.2) is 23.7 Å². The smallest absolute Gasteiger partial charge is 0.261 e. The number of carbonyl (C=O) groups excluding carboxylic acids is 1. The van der Waals surface area contributed by atoms with Gasteiger partial charge in [-0.05, 0) is 69.4 Å². The molecular formula is C34H33F2N7O3S. The molecule has 1 saturated carbocycles. The summed E-state index contributed by atoms with van der Waals surface area (Å²) in [6.45, 7) is 1.25. The van der Waals surface area contributed by atoms with Gasteiger partial charge in [0.15, 0.2) is 16.6 Å². The number of amides is 1. The molecule has 2 heterocycles. The lowest BCUT2D eigenvalue weighted by molar-refractivity contribution is 0.101. The van der Waals surface area contributed by atoms with Crippen LogP contribution < -0.4 is 25.4 Å². The van der Waals surface area contributed by atoms with Gasteiger partial charge in [0.05, 0.1) is 23.4 Å². The highest BCUT2D eigenvalue weighted by atomic mass is 32.1. The number of nitrogens with one attached hydrogen (secondary N) is 3. The van der Waals surface area contributed by atoms with Crippen LogP contribution >= 0.6 is 11.3 Å². The van der Waals surface area contributed by atoms with Crippen LogP contribution in [0.15, 0.2) is 72.9 Å². The largest absolute Gasteiger partial charge is 0.493 e. The Morgan fingerprint density at radius 3 is 2.51 bits per heavy atom. The van der Waals surface area contributed by atoms with Gasteiger partial charge < -0.3 is 30.3 Å². The predicted octanol–water partition coefficient (Wildman–Crippen LogP) is 7.06. The third kappa shape index (κ3) is 7.81. The number of hydrogen-bond donors (Lipinski definition) is 3. The van der Waals surface area contributed by atoms with Crippen molar-refractivity contribution in [1.82, 2.24) is 19.9 Å². The van der Waals surface area contributed by atoms with Crippen LogP contribution in [0.3, 0.4) is 0 Å². The number of anilines is 4. The maximum absolute atomic E-state index is 14.3. The number of methoxy groups -OCH3 is 1. The van der Waals surface area contributed by atoms with Gasteiger partial charge in [0.1, 0.15) is 23.8 Å². The number of halogens is 2. The highest BCUT2D eigenvalue weighted by Crippen LogP contribution is 2.41. The highest BCUT2D eigenvalue weighted by molar-refractivity contribution is 7.19. The van der Waals surface area contributed by atoms with Gasteiger partial charge in [-0.1, -0.05) is 29.5 Å². The topological polar surface area (TPSA) is 114 Å². The summed E-state index contributed by atoms with van der Waals surface area (Å²) in [5.74, 6) is -1.18. The lowest BCUT2D eigenvalue weighted by atomic mass is 10.1. The van der Waals surface area contributed by atoms with E-state index in [1.807, 2.05) is 43.3 Å². The van der Waals surface area contributed by atoms with E-state index in [1.54, 1.807) is 37.6 Å². The summed E-state index contributed by atoms with van der Waals surface area (Å²) in [5.41, 5.74) is 2.40. The van der Waals surface area contributed by atoms with Gasteiger partial charge in [0.25, 0.3) is 5.91 Å². The predicted molar refractivity (Wildman–Crippen MR) is 180 cm³/mol. The normalized spacial score (nSPS) is 12.6. The van der Waals surface area contributed by atoms with E-state index >= 15 is 0 Å². The molecule has 0 atom stereocenters. The number of ether oxygens (including phenoxy) is 2. The molecule has 3 aromatic carbocycles. The summed E-state index contributed by atoms with van der Waals surface area (Å²) < 4.78 is 39.9. The molecule has 242 valence electrons. The molecule has 0 aliphatic heterocycles. The van der Waals surface area contributed by atoms with Gasteiger partial charge in [-0.15, -0.1) is 0 Å². The van der Waals surface area contributed by atoms with E-state index in [0.29, 0.717) is 52.7 Å². The Balaban J connectivity index is 1.28. The summed E-state index contributed by atoms with van der Waals surface area (Å²) in [6, 6.07) is 18.0. The minimum absolute atomic E-state index is 0.360. The molecule has 6 rings (SSSR count). The maximum Gasteiger partial charge on any atom is 0.261 e. The van der Waals surface area contributed by atoms with E-state index < -0.39 is 23.1 Å². The second kappa shape index (κ2) is 14.1. The van der Waals surface area contributed by atoms with Crippen molar-refractivity contribution in [3.05, 3.63) is 90.1 Å². The average Bonchev–Trinajstić information content (AvgIpc) is 3.76. The van der Waals surface area contributed by atoms with Crippen LogP contribution in [0.5, 0.6) is 11.5 Å². The third-order valence-corrected chi connectivity index (χ3v) is 8.23. The number of aromatic nitrogens is 3. The Morgan fingerprint density at radius 2 is 1.77 bits per heavy atom. The van der Waals surface area contributed by atoms with E-state index in [4.69, 9.17) is 19.4 Å². The number of benzene rings is 3. The minimum atomic E-state index is -0.938. The Hall–Kier alpha value is -5.14. The molecule has 0 saturated heterocycles. The van der Waals surface area contributed by atoms with E-state index in [2.05, 4.69) is 20.9 Å². The summed E-state index contributed by atoms with van der Waals surface area (Å²) >= 11 is 1.46. The molecule has 0 unspecified atom stereocenters. The van der Waals surface area contributed by atoms with Crippen LogP contribution in [0.1, 0.15) is 23.2 Å². The Bertz CT molecular complexity index is 1880. The van der Waals surface area contributed by atoms with Crippen LogP contribution in [0.4, 0.5) is 31.2 Å². The van der Waals surface area contributed by atoms with E-state index in [-0.39, 0.29) is 0 Å². The summed E-state index contributed by atoms with van der Waals surface area (Å²) in [5, 5.41) is 10.1.